The molecule has 3 rings (SSSR count). The smallest absolute Gasteiger partial charge is 0.145 e. The number of benzene rings is 1. The third-order valence-corrected chi connectivity index (χ3v) is 3.83. The second-order valence-electron chi connectivity index (χ2n) is 5.06. The van der Waals surface area contributed by atoms with Gasteiger partial charge in [-0.15, -0.1) is 0 Å². The Balaban J connectivity index is 2.33. The summed E-state index contributed by atoms with van der Waals surface area (Å²) in [5, 5.41) is 0.922. The molecule has 1 aliphatic rings. The summed E-state index contributed by atoms with van der Waals surface area (Å²) >= 11 is 0. The van der Waals surface area contributed by atoms with Gasteiger partial charge in [0.25, 0.3) is 0 Å². The molecule has 2 aromatic rings. The van der Waals surface area contributed by atoms with Crippen molar-refractivity contribution < 1.29 is 9.47 Å². The molecular weight excluding hydrogens is 266 g/mol. The van der Waals surface area contributed by atoms with Gasteiger partial charge < -0.3 is 14.9 Å². The van der Waals surface area contributed by atoms with Gasteiger partial charge in [-0.25, -0.2) is 4.98 Å². The van der Waals surface area contributed by atoms with Crippen LogP contribution in [0.2, 0.25) is 0 Å². The Kier molecular flexibility index (Phi) is 3.84. The fourth-order valence-electron chi connectivity index (χ4n) is 3.02. The second kappa shape index (κ2) is 5.77. The lowest BCUT2D eigenvalue weighted by molar-refractivity contribution is 0.336. The zero-order valence-electron chi connectivity index (χ0n) is 12.5. The van der Waals surface area contributed by atoms with Crippen molar-refractivity contribution in [3.63, 3.8) is 0 Å². The van der Waals surface area contributed by atoms with E-state index in [0.29, 0.717) is 13.2 Å². The first-order valence-corrected chi connectivity index (χ1v) is 7.50. The van der Waals surface area contributed by atoms with Crippen molar-refractivity contribution in [2.75, 3.05) is 18.6 Å². The number of hydrogen-bond acceptors (Lipinski definition) is 5. The molecule has 1 aliphatic carbocycles. The van der Waals surface area contributed by atoms with E-state index in [2.05, 4.69) is 5.43 Å². The summed E-state index contributed by atoms with van der Waals surface area (Å²) in [6.45, 7) is 5.15. The highest BCUT2D eigenvalue weighted by molar-refractivity contribution is 6.01. The molecule has 0 bridgehead atoms. The van der Waals surface area contributed by atoms with Crippen molar-refractivity contribution >= 4 is 16.6 Å². The number of rotatable bonds is 5. The number of hydrazine groups is 1. The van der Waals surface area contributed by atoms with Crippen LogP contribution >= 0.6 is 0 Å². The number of anilines is 1. The van der Waals surface area contributed by atoms with Crippen molar-refractivity contribution in [2.45, 2.75) is 33.1 Å². The number of aryl methyl sites for hydroxylation is 1. The van der Waals surface area contributed by atoms with Crippen molar-refractivity contribution in [1.29, 1.82) is 0 Å². The number of nitrogen functional groups attached to an aromatic ring is 1. The van der Waals surface area contributed by atoms with E-state index in [4.69, 9.17) is 20.3 Å². The van der Waals surface area contributed by atoms with E-state index < -0.39 is 0 Å². The Labute approximate surface area is 124 Å². The molecule has 0 fully saturated rings. The van der Waals surface area contributed by atoms with Crippen molar-refractivity contribution in [2.24, 2.45) is 5.84 Å². The second-order valence-corrected chi connectivity index (χ2v) is 5.06. The molecular formula is C16H21N3O2. The molecule has 5 heteroatoms. The minimum Gasteiger partial charge on any atom is -0.493 e. The van der Waals surface area contributed by atoms with Crippen LogP contribution in [-0.4, -0.2) is 18.2 Å². The van der Waals surface area contributed by atoms with Gasteiger partial charge in [0.2, 0.25) is 0 Å². The molecule has 1 aromatic carbocycles. The highest BCUT2D eigenvalue weighted by Crippen LogP contribution is 2.41. The van der Waals surface area contributed by atoms with Gasteiger partial charge in [-0.1, -0.05) is 0 Å². The molecule has 0 spiro atoms. The van der Waals surface area contributed by atoms with Crippen LogP contribution in [0.1, 0.15) is 31.5 Å². The van der Waals surface area contributed by atoms with Gasteiger partial charge in [0.1, 0.15) is 17.0 Å². The monoisotopic (exact) mass is 287 g/mol. The highest BCUT2D eigenvalue weighted by atomic mass is 16.5. The lowest BCUT2D eigenvalue weighted by Crippen LogP contribution is -2.12. The number of pyridine rings is 1. The summed E-state index contributed by atoms with van der Waals surface area (Å²) in [6, 6.07) is 3.85. The van der Waals surface area contributed by atoms with E-state index >= 15 is 0 Å². The fraction of sp³-hybridized carbons (Fsp3) is 0.438. The largest absolute Gasteiger partial charge is 0.493 e. The predicted molar refractivity (Wildman–Crippen MR) is 83.9 cm³/mol. The Bertz CT molecular complexity index is 670. The van der Waals surface area contributed by atoms with Crippen LogP contribution in [0.15, 0.2) is 12.1 Å². The molecule has 0 unspecified atom stereocenters. The van der Waals surface area contributed by atoms with Gasteiger partial charge in [-0.2, -0.15) is 0 Å². The summed E-state index contributed by atoms with van der Waals surface area (Å²) in [5.41, 5.74) is 6.94. The number of nitrogens with zero attached hydrogens (tertiary/aromatic N) is 1. The van der Waals surface area contributed by atoms with Crippen LogP contribution in [0.3, 0.4) is 0 Å². The van der Waals surface area contributed by atoms with Crippen molar-refractivity contribution in [3.8, 4) is 11.5 Å². The number of fused-ring (bicyclic) bond motifs is 2. The van der Waals surface area contributed by atoms with Crippen molar-refractivity contribution in [3.05, 3.63) is 23.4 Å². The van der Waals surface area contributed by atoms with E-state index in [1.165, 1.54) is 5.56 Å². The lowest BCUT2D eigenvalue weighted by Gasteiger charge is -2.17. The van der Waals surface area contributed by atoms with Gasteiger partial charge in [0.15, 0.2) is 0 Å². The molecule has 1 heterocycles. The Morgan fingerprint density at radius 3 is 2.57 bits per heavy atom. The first kappa shape index (κ1) is 13.9. The zero-order valence-corrected chi connectivity index (χ0v) is 12.5. The molecule has 0 amide bonds. The summed E-state index contributed by atoms with van der Waals surface area (Å²) in [6.07, 6.45) is 3.11. The number of nitrogens with one attached hydrogen (secondary N) is 1. The topological polar surface area (TPSA) is 69.4 Å². The lowest BCUT2D eigenvalue weighted by atomic mass is 10.1. The maximum Gasteiger partial charge on any atom is 0.145 e. The molecule has 0 saturated heterocycles. The summed E-state index contributed by atoms with van der Waals surface area (Å²) < 4.78 is 11.5. The molecule has 0 atom stereocenters. The van der Waals surface area contributed by atoms with E-state index in [1.807, 2.05) is 26.0 Å². The van der Waals surface area contributed by atoms with E-state index in [9.17, 15) is 0 Å². The molecule has 0 saturated carbocycles. The van der Waals surface area contributed by atoms with Crippen LogP contribution in [0, 0.1) is 0 Å². The van der Waals surface area contributed by atoms with Gasteiger partial charge >= 0.3 is 0 Å². The molecule has 0 aliphatic heterocycles. The quantitative estimate of drug-likeness (QED) is 0.653. The maximum atomic E-state index is 5.80. The zero-order chi connectivity index (χ0) is 14.8. The molecule has 3 N–H and O–H groups in total. The van der Waals surface area contributed by atoms with Crippen molar-refractivity contribution in [1.82, 2.24) is 4.98 Å². The van der Waals surface area contributed by atoms with Gasteiger partial charge in [0, 0.05) is 5.69 Å². The predicted octanol–water partition coefficient (Wildman–Crippen LogP) is 2.81. The summed E-state index contributed by atoms with van der Waals surface area (Å²) in [5.74, 6) is 7.38. The van der Waals surface area contributed by atoms with E-state index in [0.717, 1.165) is 53.0 Å². The standard InChI is InChI=1S/C16H21N3O2/c1-3-20-12-8-9-13(21-4-2)16-14(12)15(19-17)10-6-5-7-11(10)18-16/h8-9H,3-7,17H2,1-2H3,(H,18,19). The summed E-state index contributed by atoms with van der Waals surface area (Å²) in [7, 11) is 0. The normalized spacial score (nSPS) is 13.3. The van der Waals surface area contributed by atoms with Gasteiger partial charge in [0.05, 0.1) is 24.3 Å². The van der Waals surface area contributed by atoms with Crippen LogP contribution in [-0.2, 0) is 12.8 Å². The number of nitrogens with two attached hydrogens (primary N) is 1. The van der Waals surface area contributed by atoms with Gasteiger partial charge in [-0.3, -0.25) is 5.84 Å². The minimum absolute atomic E-state index is 0.601. The molecule has 5 nitrogen and oxygen atoms in total. The molecule has 21 heavy (non-hydrogen) atoms. The average molecular weight is 287 g/mol. The van der Waals surface area contributed by atoms with Gasteiger partial charge in [-0.05, 0) is 50.8 Å². The SMILES string of the molecule is CCOc1ccc(OCC)c2c(NN)c3c(nc12)CCC3. The fourth-order valence-corrected chi connectivity index (χ4v) is 3.02. The number of hydrogen-bond donors (Lipinski definition) is 2. The van der Waals surface area contributed by atoms with Crippen LogP contribution in [0.5, 0.6) is 11.5 Å². The third kappa shape index (κ3) is 2.27. The number of ether oxygens (including phenoxy) is 2. The highest BCUT2D eigenvalue weighted by Gasteiger charge is 2.23. The first-order chi connectivity index (χ1) is 10.3. The van der Waals surface area contributed by atoms with E-state index in [1.54, 1.807) is 0 Å². The number of aromatic nitrogens is 1. The Morgan fingerprint density at radius 1 is 1.14 bits per heavy atom. The minimum atomic E-state index is 0.601. The van der Waals surface area contributed by atoms with E-state index in [-0.39, 0.29) is 0 Å². The molecule has 0 radical (unpaired) electrons. The maximum absolute atomic E-state index is 5.80. The van der Waals surface area contributed by atoms with Crippen LogP contribution < -0.4 is 20.7 Å². The van der Waals surface area contributed by atoms with Crippen LogP contribution in [0.4, 0.5) is 5.69 Å². The Morgan fingerprint density at radius 2 is 1.86 bits per heavy atom. The summed E-state index contributed by atoms with van der Waals surface area (Å²) in [4.78, 5) is 4.83. The third-order valence-electron chi connectivity index (χ3n) is 3.83. The first-order valence-electron chi connectivity index (χ1n) is 7.50. The Hall–Kier alpha value is -2.01. The molecule has 112 valence electrons. The average Bonchev–Trinajstić information content (AvgIpc) is 2.96. The molecule has 1 aromatic heterocycles. The van der Waals surface area contributed by atoms with Crippen LogP contribution in [0.25, 0.3) is 10.9 Å².